The number of nitrogens with zero attached hydrogens (tertiary/aromatic N) is 2. The number of benzene rings is 14. The molecule has 496 valence electrons. The summed E-state index contributed by atoms with van der Waals surface area (Å²) < 4.78 is 0. The maximum absolute atomic E-state index is 4.12. The van der Waals surface area contributed by atoms with Gasteiger partial charge in [-0.25, -0.2) is 0 Å². The predicted octanol–water partition coefficient (Wildman–Crippen LogP) is 26.0. The van der Waals surface area contributed by atoms with Crippen LogP contribution in [-0.2, 0) is 39.9 Å². The van der Waals surface area contributed by atoms with Crippen molar-refractivity contribution in [1.29, 1.82) is 0 Å². The van der Waals surface area contributed by atoms with Crippen molar-refractivity contribution in [1.82, 2.24) is 0 Å². The SMILES string of the molecule is C=Cc1ccc(CC2(c3ccc(C(C)(C)C)cc3)c3ccccc3-c3ccc(N(c4ccccc4)c4ccc5c(c4)C4(c6ccccc6-5)c5ccccc5-c5ccc(N(c6ccccc6)c6ccc7c(c6)C(Cc6ccc(C=C)cc6)(c6ccc(C(C)(C)C)cc6)c6ccccc6-7)cc54)cc32)cc1. The van der Waals surface area contributed by atoms with Crippen LogP contribution in [0.4, 0.5) is 34.1 Å². The summed E-state index contributed by atoms with van der Waals surface area (Å²) in [5.41, 5.74) is 35.3. The average molecular weight is 1320 g/mol. The van der Waals surface area contributed by atoms with Crippen molar-refractivity contribution in [2.75, 3.05) is 9.80 Å². The first-order valence-electron chi connectivity index (χ1n) is 36.5. The number of rotatable bonds is 14. The molecule has 14 aromatic carbocycles. The third-order valence-corrected chi connectivity index (χ3v) is 23.3. The quantitative estimate of drug-likeness (QED) is 0.107. The second-order valence-corrected chi connectivity index (χ2v) is 30.9. The largest absolute Gasteiger partial charge is 0.310 e. The predicted molar refractivity (Wildman–Crippen MR) is 434 cm³/mol. The van der Waals surface area contributed by atoms with Gasteiger partial charge in [0.15, 0.2) is 0 Å². The molecule has 0 aromatic heterocycles. The molecule has 0 heterocycles. The molecule has 0 aliphatic heterocycles. The summed E-state index contributed by atoms with van der Waals surface area (Å²) >= 11 is 0. The van der Waals surface area contributed by atoms with Gasteiger partial charge in [-0.15, -0.1) is 0 Å². The molecule has 2 nitrogen and oxygen atoms in total. The van der Waals surface area contributed by atoms with Crippen LogP contribution in [-0.4, -0.2) is 0 Å². The monoisotopic (exact) mass is 1320 g/mol. The Hall–Kier alpha value is -11.8. The average Bonchev–Trinajstić information content (AvgIpc) is 1.52. The van der Waals surface area contributed by atoms with Crippen LogP contribution in [0.1, 0.15) is 131 Å². The van der Waals surface area contributed by atoms with E-state index in [9.17, 15) is 0 Å². The van der Waals surface area contributed by atoms with E-state index in [4.69, 9.17) is 0 Å². The Balaban J connectivity index is 0.830. The summed E-state index contributed by atoms with van der Waals surface area (Å²) in [6, 6.07) is 125. The number of hydrogen-bond acceptors (Lipinski definition) is 2. The standard InChI is InChI=1S/C101H82N2/c1-9-67-37-41-69(42-38-67)65-99(73-49-45-71(46-50-73)97(3,4)5)89-33-21-17-29-81(89)85-57-53-77(61-93(85)99)102(75-25-13-11-14-26-75)79-55-59-87-83-31-19-23-35-91(83)101(95(87)63-79)92-36-24-20-32-84(92)88-60-56-80(64-96(88)101)103(76-27-15-12-16-28-76)78-54-58-86-82-30-18-22-34-90(82)100(94(86)62-78,66-70-43-39-68(10-2)40-44-70)74-51-47-72(48-52-74)98(6,7)8/h9-64H,1-2,65-66H2,3-8H3. The normalized spacial score (nSPS) is 16.9. The van der Waals surface area contributed by atoms with Crippen molar-refractivity contribution in [3.8, 4) is 44.5 Å². The molecule has 0 amide bonds. The fraction of sp³-hybridized carbons (Fsp3) is 0.129. The van der Waals surface area contributed by atoms with E-state index in [0.717, 1.165) is 58.1 Å². The minimum atomic E-state index is -0.696. The van der Waals surface area contributed by atoms with E-state index in [1.165, 1.54) is 122 Å². The molecular formula is C101H82N2. The van der Waals surface area contributed by atoms with Crippen LogP contribution in [0.15, 0.2) is 341 Å². The lowest BCUT2D eigenvalue weighted by Crippen LogP contribution is -2.30. The van der Waals surface area contributed by atoms with Crippen LogP contribution in [0.2, 0.25) is 0 Å². The highest BCUT2D eigenvalue weighted by Crippen LogP contribution is 2.65. The minimum absolute atomic E-state index is 0.00352. The van der Waals surface area contributed by atoms with Crippen LogP contribution < -0.4 is 9.80 Å². The van der Waals surface area contributed by atoms with E-state index in [1.807, 2.05) is 12.2 Å². The third-order valence-electron chi connectivity index (χ3n) is 23.3. The van der Waals surface area contributed by atoms with E-state index in [-0.39, 0.29) is 10.8 Å². The van der Waals surface area contributed by atoms with Crippen molar-refractivity contribution in [2.24, 2.45) is 0 Å². The molecule has 4 aliphatic rings. The van der Waals surface area contributed by atoms with Gasteiger partial charge in [-0.05, 0) is 230 Å². The third kappa shape index (κ3) is 9.89. The smallest absolute Gasteiger partial charge is 0.0727 e. The Morgan fingerprint density at radius 2 is 0.544 bits per heavy atom. The molecule has 18 rings (SSSR count). The van der Waals surface area contributed by atoms with E-state index >= 15 is 0 Å². The fourth-order valence-electron chi connectivity index (χ4n) is 18.3. The number of anilines is 6. The minimum Gasteiger partial charge on any atom is -0.310 e. The van der Waals surface area contributed by atoms with Gasteiger partial charge in [0.25, 0.3) is 0 Å². The van der Waals surface area contributed by atoms with Gasteiger partial charge in [0.05, 0.1) is 16.2 Å². The van der Waals surface area contributed by atoms with Crippen LogP contribution in [0.3, 0.4) is 0 Å². The Morgan fingerprint density at radius 1 is 0.262 bits per heavy atom. The first-order chi connectivity index (χ1) is 50.2. The van der Waals surface area contributed by atoms with Gasteiger partial charge in [-0.3, -0.25) is 0 Å². The van der Waals surface area contributed by atoms with E-state index in [2.05, 4.69) is 392 Å². The second-order valence-electron chi connectivity index (χ2n) is 30.9. The lowest BCUT2D eigenvalue weighted by Gasteiger charge is -2.36. The summed E-state index contributed by atoms with van der Waals surface area (Å²) in [5.74, 6) is 0. The molecule has 14 aromatic rings. The highest BCUT2D eigenvalue weighted by molar-refractivity contribution is 5.99. The molecule has 0 saturated heterocycles. The second kappa shape index (κ2) is 24.2. The van der Waals surface area contributed by atoms with Crippen molar-refractivity contribution in [2.45, 2.75) is 81.5 Å². The number of fused-ring (bicyclic) bond motifs is 16. The maximum atomic E-state index is 4.12. The first-order valence-corrected chi connectivity index (χ1v) is 36.5. The Morgan fingerprint density at radius 3 is 0.874 bits per heavy atom. The summed E-state index contributed by atoms with van der Waals surface area (Å²) in [5, 5.41) is 0. The summed E-state index contributed by atoms with van der Waals surface area (Å²) in [4.78, 5) is 5.03. The van der Waals surface area contributed by atoms with Gasteiger partial charge in [0.1, 0.15) is 0 Å². The molecule has 4 aliphatic carbocycles. The van der Waals surface area contributed by atoms with Crippen molar-refractivity contribution in [3.63, 3.8) is 0 Å². The van der Waals surface area contributed by atoms with E-state index in [0.29, 0.717) is 0 Å². The van der Waals surface area contributed by atoms with Gasteiger partial charge < -0.3 is 9.80 Å². The van der Waals surface area contributed by atoms with Crippen LogP contribution >= 0.6 is 0 Å². The van der Waals surface area contributed by atoms with Crippen molar-refractivity contribution < 1.29 is 0 Å². The lowest BCUT2D eigenvalue weighted by molar-refractivity contribution is 0.586. The highest BCUT2D eigenvalue weighted by Gasteiger charge is 2.53. The molecular weight excluding hydrogens is 1240 g/mol. The molecule has 2 unspecified atom stereocenters. The van der Waals surface area contributed by atoms with Crippen molar-refractivity contribution >= 4 is 46.3 Å². The molecule has 1 spiro atoms. The Bertz CT molecular complexity index is 5310. The number of hydrogen-bond donors (Lipinski definition) is 0. The zero-order valence-electron chi connectivity index (χ0n) is 59.6. The maximum Gasteiger partial charge on any atom is 0.0727 e. The first kappa shape index (κ1) is 63.3. The van der Waals surface area contributed by atoms with Gasteiger partial charge in [-0.2, -0.15) is 0 Å². The van der Waals surface area contributed by atoms with Gasteiger partial charge >= 0.3 is 0 Å². The van der Waals surface area contributed by atoms with E-state index < -0.39 is 16.2 Å². The van der Waals surface area contributed by atoms with Crippen molar-refractivity contribution in [3.05, 3.63) is 430 Å². The topological polar surface area (TPSA) is 6.48 Å². The molecule has 0 fully saturated rings. The van der Waals surface area contributed by atoms with Crippen LogP contribution in [0, 0.1) is 0 Å². The highest BCUT2D eigenvalue weighted by atomic mass is 15.1. The summed E-state index contributed by atoms with van der Waals surface area (Å²) in [7, 11) is 0. The van der Waals surface area contributed by atoms with E-state index in [1.54, 1.807) is 0 Å². The summed E-state index contributed by atoms with van der Waals surface area (Å²) in [6.45, 7) is 22.1. The molecule has 103 heavy (non-hydrogen) atoms. The van der Waals surface area contributed by atoms with Gasteiger partial charge in [0.2, 0.25) is 0 Å². The Labute approximate surface area is 607 Å². The van der Waals surface area contributed by atoms with Gasteiger partial charge in [0, 0.05) is 34.1 Å². The summed E-state index contributed by atoms with van der Waals surface area (Å²) in [6.07, 6.45) is 5.43. The zero-order valence-corrected chi connectivity index (χ0v) is 59.6. The lowest BCUT2D eigenvalue weighted by atomic mass is 9.68. The molecule has 0 N–H and O–H groups in total. The molecule has 0 bridgehead atoms. The van der Waals surface area contributed by atoms with Crippen LogP contribution in [0.25, 0.3) is 56.7 Å². The molecule has 0 saturated carbocycles. The Kier molecular flexibility index (Phi) is 14.9. The fourth-order valence-corrected chi connectivity index (χ4v) is 18.3. The molecule has 2 heteroatoms. The van der Waals surface area contributed by atoms with Gasteiger partial charge in [-0.1, -0.05) is 322 Å². The molecule has 2 atom stereocenters. The van der Waals surface area contributed by atoms with Crippen LogP contribution in [0.5, 0.6) is 0 Å². The number of para-hydroxylation sites is 2. The zero-order chi connectivity index (χ0) is 70.0. The molecule has 0 radical (unpaired) electrons.